The minimum absolute atomic E-state index is 0.166. The molecule has 0 saturated carbocycles. The molecule has 1 spiro atoms. The summed E-state index contributed by atoms with van der Waals surface area (Å²) in [5, 5.41) is 23.3. The normalized spacial score (nSPS) is 19.9. The van der Waals surface area contributed by atoms with Gasteiger partial charge in [0.2, 0.25) is 0 Å². The van der Waals surface area contributed by atoms with Crippen LogP contribution in [-0.2, 0) is 24.6 Å². The predicted octanol–water partition coefficient (Wildman–Crippen LogP) is 7.94. The van der Waals surface area contributed by atoms with Crippen molar-refractivity contribution in [1.29, 1.82) is 5.26 Å². The number of aliphatic carboxylic acids is 1. The Hall–Kier alpha value is -4.66. The van der Waals surface area contributed by atoms with Gasteiger partial charge in [-0.15, -0.1) is 0 Å². The highest BCUT2D eigenvalue weighted by atomic mass is 35.5. The molecule has 11 heteroatoms. The Bertz CT molecular complexity index is 2060. The zero-order chi connectivity index (χ0) is 39.1. The second kappa shape index (κ2) is 18.1. The number of nitrogens with one attached hydrogen (secondary N) is 1. The molecule has 1 unspecified atom stereocenters. The molecule has 4 heterocycles. The van der Waals surface area contributed by atoms with Gasteiger partial charge in [0, 0.05) is 55.8 Å². The number of carbonyl (C=O) groups is 1. The van der Waals surface area contributed by atoms with Crippen LogP contribution in [0, 0.1) is 30.6 Å². The van der Waals surface area contributed by atoms with Gasteiger partial charge in [0.1, 0.15) is 42.6 Å². The van der Waals surface area contributed by atoms with Crippen molar-refractivity contribution in [3.63, 3.8) is 0 Å². The molecule has 0 aliphatic carbocycles. The molecule has 2 N–H and O–H groups in total. The lowest BCUT2D eigenvalue weighted by Gasteiger charge is -2.33. The largest absolute Gasteiger partial charge is 0.493 e. The minimum Gasteiger partial charge on any atom is -0.493 e. The van der Waals surface area contributed by atoms with Crippen molar-refractivity contribution in [1.82, 2.24) is 20.1 Å². The van der Waals surface area contributed by atoms with E-state index in [9.17, 15) is 15.2 Å². The fraction of sp³-hybridized carbons (Fsp3) is 0.444. The van der Waals surface area contributed by atoms with Gasteiger partial charge in [-0.3, -0.25) is 14.7 Å². The van der Waals surface area contributed by atoms with Crippen LogP contribution in [0.2, 0.25) is 5.02 Å². The molecule has 3 aromatic carbocycles. The molecule has 4 aromatic rings. The molecule has 0 amide bonds. The van der Waals surface area contributed by atoms with Crippen molar-refractivity contribution in [3.8, 4) is 34.4 Å². The first-order valence-electron chi connectivity index (χ1n) is 19.9. The highest BCUT2D eigenvalue weighted by Gasteiger charge is 2.39. The number of hydrogen-bond donors (Lipinski definition) is 2. The molecule has 10 nitrogen and oxygen atoms in total. The molecular weight excluding hydrogens is 726 g/mol. The van der Waals surface area contributed by atoms with Crippen molar-refractivity contribution >= 4 is 17.6 Å². The Morgan fingerprint density at radius 2 is 1.79 bits per heavy atom. The van der Waals surface area contributed by atoms with E-state index in [1.165, 1.54) is 32.1 Å². The Morgan fingerprint density at radius 1 is 0.964 bits per heavy atom. The number of aromatic nitrogens is 1. The van der Waals surface area contributed by atoms with Gasteiger partial charge in [-0.1, -0.05) is 48.4 Å². The average molecular weight is 778 g/mol. The summed E-state index contributed by atoms with van der Waals surface area (Å²) in [5.74, 6) is 1.08. The number of carboxylic acid groups (broad SMARTS) is 1. The topological polar surface area (TPSA) is 120 Å². The first kappa shape index (κ1) is 39.6. The van der Waals surface area contributed by atoms with Crippen LogP contribution in [0.5, 0.6) is 17.2 Å². The fourth-order valence-corrected chi connectivity index (χ4v) is 8.84. The smallest absolute Gasteiger partial charge is 0.320 e. The lowest BCUT2D eigenvalue weighted by atomic mass is 9.87. The van der Waals surface area contributed by atoms with E-state index in [2.05, 4.69) is 71.5 Å². The van der Waals surface area contributed by atoms with Crippen molar-refractivity contribution in [3.05, 3.63) is 105 Å². The number of halogens is 1. The van der Waals surface area contributed by atoms with Crippen LogP contribution in [0.25, 0.3) is 11.1 Å². The number of nitriles is 1. The van der Waals surface area contributed by atoms with Crippen LogP contribution in [-0.4, -0.2) is 77.8 Å². The highest BCUT2D eigenvalue weighted by molar-refractivity contribution is 6.32. The molecule has 3 fully saturated rings. The summed E-state index contributed by atoms with van der Waals surface area (Å²) < 4.78 is 19.1. The van der Waals surface area contributed by atoms with Crippen molar-refractivity contribution in [2.45, 2.75) is 78.2 Å². The van der Waals surface area contributed by atoms with Crippen molar-refractivity contribution in [2.75, 3.05) is 45.9 Å². The van der Waals surface area contributed by atoms with E-state index in [1.807, 2.05) is 11.0 Å². The molecule has 0 bridgehead atoms. The van der Waals surface area contributed by atoms with E-state index in [4.69, 9.17) is 25.8 Å². The zero-order valence-corrected chi connectivity index (χ0v) is 33.2. The molecule has 0 radical (unpaired) electrons. The summed E-state index contributed by atoms with van der Waals surface area (Å²) in [6, 6.07) is 19.4. The maximum Gasteiger partial charge on any atom is 0.320 e. The van der Waals surface area contributed by atoms with Crippen LogP contribution < -0.4 is 19.5 Å². The molecule has 3 saturated heterocycles. The number of rotatable bonds is 15. The Kier molecular flexibility index (Phi) is 12.8. The SMILES string of the molecule is Cc1c(COc2cc(OCc3cncc(C#N)c3)c(CN3CCCC[C@H]3C(=O)O)cc2Cl)cccc1-c1cccc(OCCCN2CCC3(CCNC3)C2)c1C. The predicted molar refractivity (Wildman–Crippen MR) is 217 cm³/mol. The van der Waals surface area contributed by atoms with Crippen LogP contribution in [0.4, 0.5) is 0 Å². The first-order valence-corrected chi connectivity index (χ1v) is 20.2. The molecular formula is C45H52ClN5O5. The summed E-state index contributed by atoms with van der Waals surface area (Å²) in [6.07, 6.45) is 9.17. The van der Waals surface area contributed by atoms with Gasteiger partial charge >= 0.3 is 5.97 Å². The third-order valence-corrected chi connectivity index (χ3v) is 12.1. The number of likely N-dealkylation sites (tertiary alicyclic amines) is 2. The third-order valence-electron chi connectivity index (χ3n) is 11.8. The van der Waals surface area contributed by atoms with Crippen LogP contribution in [0.1, 0.15) is 71.9 Å². The van der Waals surface area contributed by atoms with Crippen LogP contribution in [0.15, 0.2) is 67.0 Å². The van der Waals surface area contributed by atoms with Gasteiger partial charge in [-0.05, 0) is 117 Å². The second-order valence-electron chi connectivity index (χ2n) is 15.7. The summed E-state index contributed by atoms with van der Waals surface area (Å²) in [7, 11) is 0. The molecule has 3 aliphatic heterocycles. The summed E-state index contributed by atoms with van der Waals surface area (Å²) in [5.41, 5.74) is 7.93. The number of benzene rings is 3. The second-order valence-corrected chi connectivity index (χ2v) is 16.1. The summed E-state index contributed by atoms with van der Waals surface area (Å²) in [4.78, 5) is 20.8. The number of carboxylic acids is 1. The van der Waals surface area contributed by atoms with E-state index in [0.717, 1.165) is 83.6 Å². The molecule has 1 aromatic heterocycles. The van der Waals surface area contributed by atoms with Gasteiger partial charge in [-0.2, -0.15) is 5.26 Å². The number of hydrogen-bond acceptors (Lipinski definition) is 9. The van der Waals surface area contributed by atoms with Gasteiger partial charge in [0.15, 0.2) is 0 Å². The van der Waals surface area contributed by atoms with E-state index in [0.29, 0.717) is 53.6 Å². The maximum atomic E-state index is 12.1. The van der Waals surface area contributed by atoms with E-state index in [1.54, 1.807) is 18.3 Å². The van der Waals surface area contributed by atoms with Crippen LogP contribution in [0.3, 0.4) is 0 Å². The van der Waals surface area contributed by atoms with E-state index >= 15 is 0 Å². The Morgan fingerprint density at radius 3 is 2.59 bits per heavy atom. The van der Waals surface area contributed by atoms with Gasteiger partial charge in [0.25, 0.3) is 0 Å². The fourth-order valence-electron chi connectivity index (χ4n) is 8.59. The summed E-state index contributed by atoms with van der Waals surface area (Å²) in [6.45, 7) is 12.2. The zero-order valence-electron chi connectivity index (χ0n) is 32.5. The number of ether oxygens (including phenoxy) is 3. The number of nitrogens with zero attached hydrogens (tertiary/aromatic N) is 4. The standard InChI is InChI=1S/C45H52ClN5O5/c1-31-35(8-5-9-37(31)38-10-6-12-41(32(38)2)54-19-7-16-50-18-14-45(30-50)13-15-48-29-45)28-56-43-22-42(55-27-34-20-33(23-47)24-49-25-34)36(21-39(43)46)26-51-17-4-3-11-40(51)44(52)53/h5-6,8-10,12,20-22,24-25,40,48H,3-4,7,11,13-19,26-30H2,1-2H3,(H,52,53)/t40-,45?/m0/s1. The van der Waals surface area contributed by atoms with Gasteiger partial charge < -0.3 is 29.5 Å². The monoisotopic (exact) mass is 777 g/mol. The van der Waals surface area contributed by atoms with Crippen molar-refractivity contribution in [2.24, 2.45) is 5.41 Å². The molecule has 3 aliphatic rings. The lowest BCUT2D eigenvalue weighted by molar-refractivity contribution is -0.144. The first-order chi connectivity index (χ1) is 27.2. The van der Waals surface area contributed by atoms with Gasteiger partial charge in [-0.25, -0.2) is 0 Å². The maximum absolute atomic E-state index is 12.1. The molecule has 2 atom stereocenters. The molecule has 294 valence electrons. The third kappa shape index (κ3) is 9.30. The quantitative estimate of drug-likeness (QED) is 0.115. The molecule has 56 heavy (non-hydrogen) atoms. The van der Waals surface area contributed by atoms with Gasteiger partial charge in [0.05, 0.1) is 17.2 Å². The van der Waals surface area contributed by atoms with Crippen LogP contribution >= 0.6 is 11.6 Å². The number of pyridine rings is 1. The average Bonchev–Trinajstić information content (AvgIpc) is 3.85. The minimum atomic E-state index is -0.826. The molecule has 7 rings (SSSR count). The van der Waals surface area contributed by atoms with E-state index in [-0.39, 0.29) is 13.2 Å². The highest BCUT2D eigenvalue weighted by Crippen LogP contribution is 2.38. The Balaban J connectivity index is 1.04. The van der Waals surface area contributed by atoms with Crippen molar-refractivity contribution < 1.29 is 24.1 Å². The number of piperidine rings is 1. The Labute approximate surface area is 335 Å². The summed E-state index contributed by atoms with van der Waals surface area (Å²) >= 11 is 6.88. The van der Waals surface area contributed by atoms with E-state index < -0.39 is 12.0 Å². The lowest BCUT2D eigenvalue weighted by Crippen LogP contribution is -2.44.